The first-order chi connectivity index (χ1) is 12.6. The van der Waals surface area contributed by atoms with Crippen LogP contribution in [0.15, 0.2) is 70.7 Å². The molecule has 1 atom stereocenters. The van der Waals surface area contributed by atoms with Gasteiger partial charge >= 0.3 is 0 Å². The number of carbonyl (C=O) groups excluding carboxylic acids is 2. The molecule has 0 fully saturated rings. The summed E-state index contributed by atoms with van der Waals surface area (Å²) in [5, 5.41) is 4.79. The molecular weight excluding hydrogens is 348 g/mol. The Kier molecular flexibility index (Phi) is 5.86. The number of hydrogen-bond donors (Lipinski definition) is 1. The van der Waals surface area contributed by atoms with Gasteiger partial charge in [-0.1, -0.05) is 36.4 Å². The molecule has 0 unspecified atom stereocenters. The lowest BCUT2D eigenvalue weighted by atomic mass is 10.0. The second-order valence-corrected chi connectivity index (χ2v) is 7.00. The minimum absolute atomic E-state index is 0.137. The first-order valence-electron chi connectivity index (χ1n) is 8.29. The van der Waals surface area contributed by atoms with Crippen LogP contribution >= 0.6 is 11.3 Å². The summed E-state index contributed by atoms with van der Waals surface area (Å²) in [6, 6.07) is 16.1. The molecule has 2 aromatic heterocycles. The lowest BCUT2D eigenvalue weighted by molar-refractivity contribution is -0.132. The topological polar surface area (TPSA) is 62.6 Å². The van der Waals surface area contributed by atoms with Crippen LogP contribution in [0.1, 0.15) is 21.0 Å². The minimum atomic E-state index is -0.667. The van der Waals surface area contributed by atoms with Crippen LogP contribution in [0, 0.1) is 0 Å². The molecule has 0 aliphatic heterocycles. The van der Waals surface area contributed by atoms with E-state index in [1.165, 1.54) is 6.26 Å². The highest BCUT2D eigenvalue weighted by molar-refractivity contribution is 7.09. The van der Waals surface area contributed by atoms with Gasteiger partial charge in [-0.25, -0.2) is 0 Å². The number of thiophene rings is 1. The van der Waals surface area contributed by atoms with Crippen molar-refractivity contribution in [2.24, 2.45) is 0 Å². The molecular formula is C20H20N2O3S. The molecule has 6 heteroatoms. The van der Waals surface area contributed by atoms with Crippen molar-refractivity contribution in [3.8, 4) is 0 Å². The third-order valence-corrected chi connectivity index (χ3v) is 4.84. The van der Waals surface area contributed by atoms with Crippen LogP contribution in [-0.4, -0.2) is 29.8 Å². The molecule has 5 nitrogen and oxygen atoms in total. The summed E-state index contributed by atoms with van der Waals surface area (Å²) in [5.41, 5.74) is 0.982. The SMILES string of the molecule is CN(Cc1cccs1)C(=O)[C@@H](Cc1ccccc1)NC(=O)c1ccco1. The molecule has 0 saturated heterocycles. The summed E-state index contributed by atoms with van der Waals surface area (Å²) in [5.74, 6) is -0.340. The van der Waals surface area contributed by atoms with Crippen molar-refractivity contribution in [2.45, 2.75) is 19.0 Å². The fourth-order valence-corrected chi connectivity index (χ4v) is 3.42. The van der Waals surface area contributed by atoms with Crippen LogP contribution in [0.25, 0.3) is 0 Å². The zero-order chi connectivity index (χ0) is 18.4. The van der Waals surface area contributed by atoms with Crippen LogP contribution in [-0.2, 0) is 17.8 Å². The maximum Gasteiger partial charge on any atom is 0.287 e. The van der Waals surface area contributed by atoms with Crippen LogP contribution in [0.5, 0.6) is 0 Å². The van der Waals surface area contributed by atoms with E-state index in [9.17, 15) is 9.59 Å². The second-order valence-electron chi connectivity index (χ2n) is 5.97. The highest BCUT2D eigenvalue weighted by Crippen LogP contribution is 2.13. The highest BCUT2D eigenvalue weighted by atomic mass is 32.1. The normalized spacial score (nSPS) is 11.7. The predicted molar refractivity (Wildman–Crippen MR) is 101 cm³/mol. The van der Waals surface area contributed by atoms with Crippen molar-refractivity contribution >= 4 is 23.2 Å². The Morgan fingerprint density at radius 1 is 1.12 bits per heavy atom. The van der Waals surface area contributed by atoms with Gasteiger partial charge in [-0.05, 0) is 29.1 Å². The van der Waals surface area contributed by atoms with E-state index in [-0.39, 0.29) is 11.7 Å². The summed E-state index contributed by atoms with van der Waals surface area (Å²) < 4.78 is 5.14. The molecule has 0 radical (unpaired) electrons. The van der Waals surface area contributed by atoms with Crippen molar-refractivity contribution in [3.63, 3.8) is 0 Å². The van der Waals surface area contributed by atoms with Gasteiger partial charge in [-0.15, -0.1) is 11.3 Å². The number of carbonyl (C=O) groups is 2. The van der Waals surface area contributed by atoms with Gasteiger partial charge in [0.15, 0.2) is 5.76 Å². The van der Waals surface area contributed by atoms with Crippen molar-refractivity contribution in [2.75, 3.05) is 7.05 Å². The molecule has 2 amide bonds. The fourth-order valence-electron chi connectivity index (χ4n) is 2.67. The molecule has 0 aliphatic rings. The van der Waals surface area contributed by atoms with Gasteiger partial charge in [-0.3, -0.25) is 9.59 Å². The van der Waals surface area contributed by atoms with E-state index >= 15 is 0 Å². The van der Waals surface area contributed by atoms with Gasteiger partial charge in [0, 0.05) is 18.3 Å². The summed E-state index contributed by atoms with van der Waals surface area (Å²) in [6.45, 7) is 0.512. The quantitative estimate of drug-likeness (QED) is 0.696. The number of amides is 2. The smallest absolute Gasteiger partial charge is 0.287 e. The molecule has 1 aromatic carbocycles. The maximum absolute atomic E-state index is 13.0. The van der Waals surface area contributed by atoms with Gasteiger partial charge in [0.1, 0.15) is 6.04 Å². The number of furan rings is 1. The number of rotatable bonds is 7. The first kappa shape index (κ1) is 17.9. The zero-order valence-corrected chi connectivity index (χ0v) is 15.2. The minimum Gasteiger partial charge on any atom is -0.459 e. The Morgan fingerprint density at radius 3 is 2.58 bits per heavy atom. The lowest BCUT2D eigenvalue weighted by Crippen LogP contribution is -2.48. The number of nitrogens with one attached hydrogen (secondary N) is 1. The molecule has 2 heterocycles. The number of benzene rings is 1. The second kappa shape index (κ2) is 8.49. The Balaban J connectivity index is 1.74. The van der Waals surface area contributed by atoms with Crippen molar-refractivity contribution in [1.29, 1.82) is 0 Å². The van der Waals surface area contributed by atoms with Crippen LogP contribution in [0.4, 0.5) is 0 Å². The molecule has 0 bridgehead atoms. The molecule has 3 rings (SSSR count). The van der Waals surface area contributed by atoms with Gasteiger partial charge in [-0.2, -0.15) is 0 Å². The molecule has 0 aliphatic carbocycles. The number of hydrogen-bond acceptors (Lipinski definition) is 4. The van der Waals surface area contributed by atoms with E-state index in [1.807, 2.05) is 47.8 Å². The van der Waals surface area contributed by atoms with E-state index in [0.29, 0.717) is 13.0 Å². The van der Waals surface area contributed by atoms with E-state index in [1.54, 1.807) is 35.4 Å². The monoisotopic (exact) mass is 368 g/mol. The highest BCUT2D eigenvalue weighted by Gasteiger charge is 2.26. The van der Waals surface area contributed by atoms with Crippen LogP contribution in [0.3, 0.4) is 0 Å². The van der Waals surface area contributed by atoms with Gasteiger partial charge in [0.25, 0.3) is 5.91 Å². The molecule has 0 saturated carbocycles. The largest absolute Gasteiger partial charge is 0.459 e. The van der Waals surface area contributed by atoms with E-state index < -0.39 is 11.9 Å². The Labute approximate surface area is 156 Å². The Bertz CT molecular complexity index is 829. The average Bonchev–Trinajstić information content (AvgIpc) is 3.35. The fraction of sp³-hybridized carbons (Fsp3) is 0.200. The summed E-state index contributed by atoms with van der Waals surface area (Å²) >= 11 is 1.60. The Morgan fingerprint density at radius 2 is 1.92 bits per heavy atom. The zero-order valence-electron chi connectivity index (χ0n) is 14.4. The standard InChI is InChI=1S/C20H20N2O3S/c1-22(14-16-9-6-12-26-16)20(24)17(13-15-7-3-2-4-8-15)21-19(23)18-10-5-11-25-18/h2-12,17H,13-14H2,1H3,(H,21,23)/t17-/m1/s1. The predicted octanol–water partition coefficient (Wildman–Crippen LogP) is 3.34. The lowest BCUT2D eigenvalue weighted by Gasteiger charge is -2.24. The van der Waals surface area contributed by atoms with Crippen molar-refractivity contribution < 1.29 is 14.0 Å². The first-order valence-corrected chi connectivity index (χ1v) is 9.17. The van der Waals surface area contributed by atoms with E-state index in [2.05, 4.69) is 5.32 Å². The number of nitrogens with zero attached hydrogens (tertiary/aromatic N) is 1. The van der Waals surface area contributed by atoms with Crippen LogP contribution in [0.2, 0.25) is 0 Å². The molecule has 3 aromatic rings. The van der Waals surface area contributed by atoms with Gasteiger partial charge in [0.05, 0.1) is 12.8 Å². The third kappa shape index (κ3) is 4.61. The number of likely N-dealkylation sites (N-methyl/N-ethyl adjacent to an activating group) is 1. The molecule has 134 valence electrons. The molecule has 26 heavy (non-hydrogen) atoms. The van der Waals surface area contributed by atoms with Crippen molar-refractivity contribution in [1.82, 2.24) is 10.2 Å². The summed E-state index contributed by atoms with van der Waals surface area (Å²) in [4.78, 5) is 28.1. The van der Waals surface area contributed by atoms with Gasteiger partial charge in [0.2, 0.25) is 5.91 Å². The van der Waals surface area contributed by atoms with E-state index in [0.717, 1.165) is 10.4 Å². The summed E-state index contributed by atoms with van der Waals surface area (Å²) in [6.07, 6.45) is 1.85. The summed E-state index contributed by atoms with van der Waals surface area (Å²) in [7, 11) is 1.75. The van der Waals surface area contributed by atoms with Gasteiger partial charge < -0.3 is 14.6 Å². The third-order valence-electron chi connectivity index (χ3n) is 3.98. The molecule has 1 N–H and O–H groups in total. The van der Waals surface area contributed by atoms with Crippen molar-refractivity contribution in [3.05, 3.63) is 82.4 Å². The Hall–Kier alpha value is -2.86. The van der Waals surface area contributed by atoms with E-state index in [4.69, 9.17) is 4.42 Å². The maximum atomic E-state index is 13.0. The van der Waals surface area contributed by atoms with Crippen LogP contribution < -0.4 is 5.32 Å². The average molecular weight is 368 g/mol. The molecule has 0 spiro atoms.